The fourth-order valence-corrected chi connectivity index (χ4v) is 5.99. The lowest BCUT2D eigenvalue weighted by atomic mass is 9.84. The van der Waals surface area contributed by atoms with E-state index in [0.29, 0.717) is 19.4 Å². The Balaban J connectivity index is 1.94. The number of aliphatic hydroxyl groups excluding tert-OH is 1. The summed E-state index contributed by atoms with van der Waals surface area (Å²) in [5.41, 5.74) is 0. The Morgan fingerprint density at radius 3 is 1.80 bits per heavy atom. The molecule has 0 aromatic carbocycles. The van der Waals surface area contributed by atoms with Crippen LogP contribution in [0.1, 0.15) is 168 Å². The van der Waals surface area contributed by atoms with Crippen molar-refractivity contribution in [3.8, 4) is 0 Å². The molecule has 0 aromatic heterocycles. The first kappa shape index (κ1) is 37.9. The van der Waals surface area contributed by atoms with Crippen LogP contribution in [0, 0.1) is 5.92 Å². The average molecular weight is 582 g/mol. The summed E-state index contributed by atoms with van der Waals surface area (Å²) in [5.74, 6) is 0.803. The zero-order valence-corrected chi connectivity index (χ0v) is 27.2. The maximum atomic E-state index is 12.3. The van der Waals surface area contributed by atoms with Gasteiger partial charge in [0.1, 0.15) is 6.10 Å². The predicted octanol–water partition coefficient (Wildman–Crippen LogP) is 8.77. The molecule has 1 aliphatic rings. The van der Waals surface area contributed by atoms with Crippen molar-refractivity contribution in [2.45, 2.75) is 174 Å². The van der Waals surface area contributed by atoms with E-state index in [0.717, 1.165) is 89.8 Å². The zero-order valence-electron chi connectivity index (χ0n) is 27.2. The molecular formula is C35H67NO5. The lowest BCUT2D eigenvalue weighted by Crippen LogP contribution is -2.29. The number of unbranched alkanes of at least 4 members (excludes halogenated alkanes) is 13. The van der Waals surface area contributed by atoms with Crippen molar-refractivity contribution in [1.29, 1.82) is 0 Å². The van der Waals surface area contributed by atoms with E-state index in [4.69, 9.17) is 9.47 Å². The van der Waals surface area contributed by atoms with Crippen molar-refractivity contribution in [2.75, 3.05) is 32.8 Å². The summed E-state index contributed by atoms with van der Waals surface area (Å²) >= 11 is 0. The van der Waals surface area contributed by atoms with Crippen molar-refractivity contribution >= 4 is 11.9 Å². The molecule has 0 spiro atoms. The summed E-state index contributed by atoms with van der Waals surface area (Å²) in [7, 11) is 0. The van der Waals surface area contributed by atoms with Crippen LogP contribution in [0.3, 0.4) is 0 Å². The highest BCUT2D eigenvalue weighted by Gasteiger charge is 2.23. The molecule has 0 saturated heterocycles. The monoisotopic (exact) mass is 582 g/mol. The summed E-state index contributed by atoms with van der Waals surface area (Å²) in [5, 5.41) is 9.44. The van der Waals surface area contributed by atoms with E-state index < -0.39 is 0 Å². The Bertz CT molecular complexity index is 605. The van der Waals surface area contributed by atoms with Gasteiger partial charge in [-0.25, -0.2) is 0 Å². The van der Waals surface area contributed by atoms with Gasteiger partial charge < -0.3 is 19.5 Å². The summed E-state index contributed by atoms with van der Waals surface area (Å²) in [6.45, 7) is 8.01. The minimum absolute atomic E-state index is 0.0117. The molecule has 0 bridgehead atoms. The van der Waals surface area contributed by atoms with Crippen molar-refractivity contribution < 1.29 is 24.2 Å². The first-order chi connectivity index (χ1) is 20.1. The van der Waals surface area contributed by atoms with Gasteiger partial charge in [-0.3, -0.25) is 9.59 Å². The molecule has 0 atom stereocenters. The van der Waals surface area contributed by atoms with Gasteiger partial charge in [0.25, 0.3) is 0 Å². The van der Waals surface area contributed by atoms with E-state index >= 15 is 0 Å². The highest BCUT2D eigenvalue weighted by molar-refractivity contribution is 5.69. The first-order valence-electron chi connectivity index (χ1n) is 17.8. The molecule has 1 fully saturated rings. The summed E-state index contributed by atoms with van der Waals surface area (Å²) in [6.07, 6.45) is 26.7. The highest BCUT2D eigenvalue weighted by atomic mass is 16.5. The summed E-state index contributed by atoms with van der Waals surface area (Å²) in [4.78, 5) is 26.4. The van der Waals surface area contributed by atoms with Crippen molar-refractivity contribution in [3.05, 3.63) is 0 Å². The van der Waals surface area contributed by atoms with Crippen LogP contribution >= 0.6 is 0 Å². The third-order valence-corrected chi connectivity index (χ3v) is 8.70. The highest BCUT2D eigenvalue weighted by Crippen LogP contribution is 2.30. The molecule has 242 valence electrons. The normalized spacial score (nSPS) is 17.2. The first-order valence-corrected chi connectivity index (χ1v) is 17.8. The third kappa shape index (κ3) is 23.0. The fourth-order valence-electron chi connectivity index (χ4n) is 5.99. The minimum Gasteiger partial charge on any atom is -0.466 e. The number of carbonyl (C=O) groups is 2. The molecule has 0 aromatic rings. The smallest absolute Gasteiger partial charge is 0.306 e. The maximum Gasteiger partial charge on any atom is 0.306 e. The third-order valence-electron chi connectivity index (χ3n) is 8.70. The van der Waals surface area contributed by atoms with E-state index in [2.05, 4.69) is 18.7 Å². The number of hydrogen-bond donors (Lipinski definition) is 1. The number of rotatable bonds is 28. The Labute approximate surface area is 253 Å². The van der Waals surface area contributed by atoms with Crippen molar-refractivity contribution in [3.63, 3.8) is 0 Å². The van der Waals surface area contributed by atoms with Gasteiger partial charge >= 0.3 is 11.9 Å². The Morgan fingerprint density at radius 2 is 1.17 bits per heavy atom. The molecule has 0 unspecified atom stereocenters. The number of ether oxygens (including phenoxy) is 2. The molecule has 1 saturated carbocycles. The molecule has 1 rings (SSSR count). The van der Waals surface area contributed by atoms with Gasteiger partial charge in [0.15, 0.2) is 0 Å². The quantitative estimate of drug-likeness (QED) is 0.0735. The molecule has 0 heterocycles. The van der Waals surface area contributed by atoms with Crippen LogP contribution in [0.2, 0.25) is 0 Å². The zero-order chi connectivity index (χ0) is 29.8. The van der Waals surface area contributed by atoms with Gasteiger partial charge in [-0.05, 0) is 76.8 Å². The molecule has 1 aliphatic carbocycles. The van der Waals surface area contributed by atoms with E-state index in [1.807, 2.05) is 0 Å². The molecular weight excluding hydrogens is 514 g/mol. The second-order valence-corrected chi connectivity index (χ2v) is 12.5. The van der Waals surface area contributed by atoms with Gasteiger partial charge in [0.05, 0.1) is 13.2 Å². The molecule has 0 radical (unpaired) electrons. The Hall–Kier alpha value is -1.14. The molecule has 6 nitrogen and oxygen atoms in total. The lowest BCUT2D eigenvalue weighted by molar-refractivity contribution is -0.151. The van der Waals surface area contributed by atoms with E-state index in [1.54, 1.807) is 0 Å². The maximum absolute atomic E-state index is 12.3. The Morgan fingerprint density at radius 1 is 0.634 bits per heavy atom. The second kappa shape index (κ2) is 27.7. The van der Waals surface area contributed by atoms with Crippen LogP contribution < -0.4 is 0 Å². The van der Waals surface area contributed by atoms with Crippen LogP contribution in [-0.2, 0) is 19.1 Å². The summed E-state index contributed by atoms with van der Waals surface area (Å²) in [6, 6.07) is 0. The number of hydrogen-bond acceptors (Lipinski definition) is 6. The number of nitrogens with zero attached hydrogens (tertiary/aromatic N) is 1. The van der Waals surface area contributed by atoms with Crippen LogP contribution in [0.15, 0.2) is 0 Å². The molecule has 0 amide bonds. The van der Waals surface area contributed by atoms with Gasteiger partial charge in [-0.1, -0.05) is 97.3 Å². The summed E-state index contributed by atoms with van der Waals surface area (Å²) < 4.78 is 11.1. The van der Waals surface area contributed by atoms with Crippen LogP contribution in [0.25, 0.3) is 0 Å². The van der Waals surface area contributed by atoms with E-state index in [9.17, 15) is 14.7 Å². The van der Waals surface area contributed by atoms with Crippen molar-refractivity contribution in [2.24, 2.45) is 5.92 Å². The van der Waals surface area contributed by atoms with Crippen LogP contribution in [-0.4, -0.2) is 60.9 Å². The van der Waals surface area contributed by atoms with E-state index in [1.165, 1.54) is 77.0 Å². The van der Waals surface area contributed by atoms with Crippen molar-refractivity contribution in [1.82, 2.24) is 4.90 Å². The average Bonchev–Trinajstić information content (AvgIpc) is 2.97. The van der Waals surface area contributed by atoms with Gasteiger partial charge in [-0.15, -0.1) is 0 Å². The minimum atomic E-state index is -0.0281. The van der Waals surface area contributed by atoms with Gasteiger partial charge in [0.2, 0.25) is 0 Å². The van der Waals surface area contributed by atoms with Gasteiger partial charge in [-0.2, -0.15) is 0 Å². The van der Waals surface area contributed by atoms with E-state index in [-0.39, 0.29) is 24.6 Å². The standard InChI is InChI=1S/C35H67NO5/c1-3-5-7-13-19-31-40-34(38)21-15-11-9-8-10-12-17-27-36(29-30-37)28-18-14-16-22-35(39)41-33-25-23-32(24-26-33)20-6-4-2/h32-33,37H,3-31H2,1-2H3. The fraction of sp³-hybridized carbons (Fsp3) is 0.943. The second-order valence-electron chi connectivity index (χ2n) is 12.5. The Kier molecular flexibility index (Phi) is 25.6. The number of esters is 2. The number of carbonyl (C=O) groups excluding carboxylic acids is 2. The molecule has 1 N–H and O–H groups in total. The van der Waals surface area contributed by atoms with Gasteiger partial charge in [0, 0.05) is 19.4 Å². The van der Waals surface area contributed by atoms with Crippen LogP contribution in [0.4, 0.5) is 0 Å². The largest absolute Gasteiger partial charge is 0.466 e. The number of aliphatic hydroxyl groups is 1. The molecule has 41 heavy (non-hydrogen) atoms. The topological polar surface area (TPSA) is 76.1 Å². The lowest BCUT2D eigenvalue weighted by Gasteiger charge is -2.28. The van der Waals surface area contributed by atoms with Crippen LogP contribution in [0.5, 0.6) is 0 Å². The SMILES string of the molecule is CCCCCCCOC(=O)CCCCCCCCCN(CCO)CCCCCC(=O)OC1CCC(CCCC)CC1. The molecule has 0 aliphatic heterocycles. The molecule has 6 heteroatoms. The predicted molar refractivity (Wildman–Crippen MR) is 170 cm³/mol.